The van der Waals surface area contributed by atoms with Crippen LogP contribution in [0.5, 0.6) is 0 Å². The van der Waals surface area contributed by atoms with Crippen molar-refractivity contribution >= 4 is 5.91 Å². The molecule has 5 heteroatoms. The summed E-state index contributed by atoms with van der Waals surface area (Å²) in [5.41, 5.74) is 1.53. The first-order valence-corrected chi connectivity index (χ1v) is 8.43. The van der Waals surface area contributed by atoms with E-state index in [0.29, 0.717) is 12.2 Å². The Balaban J connectivity index is 1.50. The summed E-state index contributed by atoms with van der Waals surface area (Å²) in [5, 5.41) is 3.01. The molecule has 1 aliphatic rings. The van der Waals surface area contributed by atoms with Gasteiger partial charge in [-0.05, 0) is 51.0 Å². The first kappa shape index (κ1) is 15.7. The summed E-state index contributed by atoms with van der Waals surface area (Å²) in [4.78, 5) is 19.0. The monoisotopic (exact) mass is 312 g/mol. The van der Waals surface area contributed by atoms with Gasteiger partial charge >= 0.3 is 0 Å². The van der Waals surface area contributed by atoms with Crippen LogP contribution in [0.2, 0.25) is 0 Å². The number of carbonyl (C=O) groups excluding carboxylic acids is 1. The molecule has 0 aliphatic carbocycles. The quantitative estimate of drug-likeness (QED) is 0.834. The van der Waals surface area contributed by atoms with Crippen LogP contribution in [0.1, 0.15) is 36.2 Å². The fourth-order valence-corrected chi connectivity index (χ4v) is 3.04. The smallest absolute Gasteiger partial charge is 0.269 e. The van der Waals surface area contributed by atoms with E-state index in [9.17, 15) is 4.79 Å². The van der Waals surface area contributed by atoms with Gasteiger partial charge < -0.3 is 10.2 Å². The van der Waals surface area contributed by atoms with Crippen LogP contribution in [-0.2, 0) is 0 Å². The van der Waals surface area contributed by atoms with Gasteiger partial charge in [-0.3, -0.25) is 9.36 Å². The normalized spacial score (nSPS) is 15.5. The molecule has 1 aromatic heterocycles. The van der Waals surface area contributed by atoms with Gasteiger partial charge in [0, 0.05) is 12.2 Å². The van der Waals surface area contributed by atoms with Gasteiger partial charge in [-0.2, -0.15) is 0 Å². The maximum Gasteiger partial charge on any atom is 0.269 e. The van der Waals surface area contributed by atoms with Crippen molar-refractivity contribution in [1.29, 1.82) is 0 Å². The molecule has 122 valence electrons. The third-order valence-corrected chi connectivity index (χ3v) is 4.29. The van der Waals surface area contributed by atoms with Crippen molar-refractivity contribution in [2.24, 2.45) is 0 Å². The van der Waals surface area contributed by atoms with Crippen molar-refractivity contribution in [3.8, 4) is 5.69 Å². The van der Waals surface area contributed by atoms with Gasteiger partial charge in [0.05, 0.1) is 12.5 Å². The number of para-hydroxylation sites is 1. The first-order chi connectivity index (χ1) is 11.3. The third kappa shape index (κ3) is 4.20. The second-order valence-electron chi connectivity index (χ2n) is 6.00. The van der Waals surface area contributed by atoms with Crippen molar-refractivity contribution in [2.75, 3.05) is 26.2 Å². The minimum absolute atomic E-state index is 0.0648. The van der Waals surface area contributed by atoms with Crippen molar-refractivity contribution in [3.05, 3.63) is 48.5 Å². The lowest BCUT2D eigenvalue weighted by molar-refractivity contribution is 0.0944. The second-order valence-corrected chi connectivity index (χ2v) is 6.00. The molecule has 0 saturated carbocycles. The molecule has 0 bridgehead atoms. The average Bonchev–Trinajstić information content (AvgIpc) is 3.10. The minimum atomic E-state index is -0.0648. The van der Waals surface area contributed by atoms with Gasteiger partial charge in [-0.1, -0.05) is 24.6 Å². The number of nitrogens with one attached hydrogen (secondary N) is 1. The number of benzene rings is 1. The Labute approximate surface area is 137 Å². The molecule has 1 amide bonds. The van der Waals surface area contributed by atoms with E-state index in [1.165, 1.54) is 32.4 Å². The van der Waals surface area contributed by atoms with Crippen LogP contribution in [-0.4, -0.2) is 46.5 Å². The highest BCUT2D eigenvalue weighted by molar-refractivity contribution is 5.92. The van der Waals surface area contributed by atoms with Crippen LogP contribution >= 0.6 is 0 Å². The van der Waals surface area contributed by atoms with E-state index in [1.807, 2.05) is 34.9 Å². The molecule has 5 nitrogen and oxygen atoms in total. The number of carbonyl (C=O) groups is 1. The SMILES string of the molecule is O=C(NCCCN1CCCCC1)c1cncn1-c1ccccc1. The minimum Gasteiger partial charge on any atom is -0.351 e. The molecule has 0 spiro atoms. The number of hydrogen-bond acceptors (Lipinski definition) is 3. The fraction of sp³-hybridized carbons (Fsp3) is 0.444. The Bertz CT molecular complexity index is 617. The zero-order chi connectivity index (χ0) is 15.9. The Morgan fingerprint density at radius 1 is 1.13 bits per heavy atom. The Morgan fingerprint density at radius 3 is 2.70 bits per heavy atom. The number of piperidine rings is 1. The molecular weight excluding hydrogens is 288 g/mol. The molecular formula is C18H24N4O. The van der Waals surface area contributed by atoms with Gasteiger partial charge in [0.2, 0.25) is 0 Å². The maximum absolute atomic E-state index is 12.4. The Kier molecular flexibility index (Phi) is 5.42. The summed E-state index contributed by atoms with van der Waals surface area (Å²) in [7, 11) is 0. The number of nitrogens with zero attached hydrogens (tertiary/aromatic N) is 3. The molecule has 0 atom stereocenters. The van der Waals surface area contributed by atoms with Crippen LogP contribution in [0.25, 0.3) is 5.69 Å². The summed E-state index contributed by atoms with van der Waals surface area (Å²) in [6.07, 6.45) is 8.26. The molecule has 1 fully saturated rings. The molecule has 1 aromatic carbocycles. The van der Waals surface area contributed by atoms with Gasteiger partial charge in [0.1, 0.15) is 5.69 Å². The predicted octanol–water partition coefficient (Wildman–Crippen LogP) is 2.48. The number of imidazole rings is 1. The van der Waals surface area contributed by atoms with E-state index in [0.717, 1.165) is 18.7 Å². The Hall–Kier alpha value is -2.14. The lowest BCUT2D eigenvalue weighted by atomic mass is 10.1. The van der Waals surface area contributed by atoms with Gasteiger partial charge in [0.25, 0.3) is 5.91 Å². The van der Waals surface area contributed by atoms with Crippen LogP contribution in [0.3, 0.4) is 0 Å². The zero-order valence-corrected chi connectivity index (χ0v) is 13.4. The van der Waals surface area contributed by atoms with Crippen LogP contribution in [0, 0.1) is 0 Å². The highest BCUT2D eigenvalue weighted by Crippen LogP contribution is 2.11. The average molecular weight is 312 g/mol. The van der Waals surface area contributed by atoms with E-state index in [2.05, 4.69) is 15.2 Å². The summed E-state index contributed by atoms with van der Waals surface area (Å²) in [5.74, 6) is -0.0648. The fourth-order valence-electron chi connectivity index (χ4n) is 3.04. The van der Waals surface area contributed by atoms with Crippen molar-refractivity contribution in [2.45, 2.75) is 25.7 Å². The summed E-state index contributed by atoms with van der Waals surface area (Å²) >= 11 is 0. The molecule has 0 unspecified atom stereocenters. The van der Waals surface area contributed by atoms with Crippen molar-refractivity contribution in [3.63, 3.8) is 0 Å². The highest BCUT2D eigenvalue weighted by Gasteiger charge is 2.13. The zero-order valence-electron chi connectivity index (χ0n) is 13.4. The molecule has 3 rings (SSSR count). The topological polar surface area (TPSA) is 50.2 Å². The molecule has 1 saturated heterocycles. The van der Waals surface area contributed by atoms with Crippen LogP contribution < -0.4 is 5.32 Å². The molecule has 0 radical (unpaired) electrons. The van der Waals surface area contributed by atoms with E-state index in [1.54, 1.807) is 12.5 Å². The molecule has 23 heavy (non-hydrogen) atoms. The van der Waals surface area contributed by atoms with E-state index < -0.39 is 0 Å². The van der Waals surface area contributed by atoms with Crippen molar-refractivity contribution in [1.82, 2.24) is 19.8 Å². The molecule has 2 heterocycles. The summed E-state index contributed by atoms with van der Waals surface area (Å²) < 4.78 is 1.82. The van der Waals surface area contributed by atoms with Crippen LogP contribution in [0.15, 0.2) is 42.9 Å². The maximum atomic E-state index is 12.4. The van der Waals surface area contributed by atoms with Crippen molar-refractivity contribution < 1.29 is 4.79 Å². The Morgan fingerprint density at radius 2 is 1.91 bits per heavy atom. The lowest BCUT2D eigenvalue weighted by Crippen LogP contribution is -2.33. The predicted molar refractivity (Wildman–Crippen MR) is 90.8 cm³/mol. The molecule has 1 N–H and O–H groups in total. The van der Waals surface area contributed by atoms with Gasteiger partial charge in [0.15, 0.2) is 0 Å². The van der Waals surface area contributed by atoms with E-state index in [4.69, 9.17) is 0 Å². The van der Waals surface area contributed by atoms with Crippen LogP contribution in [0.4, 0.5) is 0 Å². The molecule has 2 aromatic rings. The number of amides is 1. The highest BCUT2D eigenvalue weighted by atomic mass is 16.1. The summed E-state index contributed by atoms with van der Waals surface area (Å²) in [6, 6.07) is 9.80. The number of hydrogen-bond donors (Lipinski definition) is 1. The third-order valence-electron chi connectivity index (χ3n) is 4.29. The summed E-state index contributed by atoms with van der Waals surface area (Å²) in [6.45, 7) is 4.18. The largest absolute Gasteiger partial charge is 0.351 e. The van der Waals surface area contributed by atoms with Gasteiger partial charge in [-0.25, -0.2) is 4.98 Å². The van der Waals surface area contributed by atoms with E-state index >= 15 is 0 Å². The number of aromatic nitrogens is 2. The van der Waals surface area contributed by atoms with E-state index in [-0.39, 0.29) is 5.91 Å². The number of rotatable bonds is 6. The first-order valence-electron chi connectivity index (χ1n) is 8.43. The molecule has 1 aliphatic heterocycles. The standard InChI is InChI=1S/C18H24N4O/c23-18(20-10-7-13-21-11-5-2-6-12-21)17-14-19-15-22(17)16-8-3-1-4-9-16/h1,3-4,8-9,14-15H,2,5-7,10-13H2,(H,20,23). The number of likely N-dealkylation sites (tertiary alicyclic amines) is 1. The second kappa shape index (κ2) is 7.92. The van der Waals surface area contributed by atoms with Gasteiger partial charge in [-0.15, -0.1) is 0 Å². The lowest BCUT2D eigenvalue weighted by Gasteiger charge is -2.26.